The van der Waals surface area contributed by atoms with Gasteiger partial charge in [-0.05, 0) is 50.2 Å². The Morgan fingerprint density at radius 2 is 2.12 bits per heavy atom. The number of methoxy groups -OCH3 is 1. The number of ether oxygens (including phenoxy) is 1. The van der Waals surface area contributed by atoms with Gasteiger partial charge in [-0.15, -0.1) is 12.4 Å². The second kappa shape index (κ2) is 8.08. The van der Waals surface area contributed by atoms with E-state index >= 15 is 0 Å². The average molecular weight is 385 g/mol. The van der Waals surface area contributed by atoms with E-state index in [4.69, 9.17) is 16.3 Å². The maximum Gasteiger partial charge on any atom is 0.254 e. The van der Waals surface area contributed by atoms with Crippen molar-refractivity contribution in [1.82, 2.24) is 15.1 Å². The number of rotatable bonds is 4. The molecule has 1 aromatic heterocycles. The van der Waals surface area contributed by atoms with Gasteiger partial charge in [0.2, 0.25) is 0 Å². The molecule has 1 aromatic carbocycles. The van der Waals surface area contributed by atoms with Crippen molar-refractivity contribution in [3.8, 4) is 5.75 Å². The lowest BCUT2D eigenvalue weighted by molar-refractivity contribution is -0.128. The van der Waals surface area contributed by atoms with Crippen molar-refractivity contribution in [2.75, 3.05) is 32.1 Å². The quantitative estimate of drug-likeness (QED) is 0.879. The SMILES string of the molecule is COc1ccc(N(C)C(=O)C2(n3cccn3)CCNCC2)cc1Cl.Cl. The highest BCUT2D eigenvalue weighted by molar-refractivity contribution is 6.32. The highest BCUT2D eigenvalue weighted by atomic mass is 35.5. The molecule has 1 saturated heterocycles. The Hall–Kier alpha value is -1.76. The molecule has 1 N–H and O–H groups in total. The van der Waals surface area contributed by atoms with E-state index in [9.17, 15) is 4.79 Å². The normalized spacial score (nSPS) is 16.0. The lowest BCUT2D eigenvalue weighted by Gasteiger charge is -2.39. The van der Waals surface area contributed by atoms with Gasteiger partial charge in [0.15, 0.2) is 0 Å². The molecule has 0 saturated carbocycles. The summed E-state index contributed by atoms with van der Waals surface area (Å²) in [6.45, 7) is 1.56. The molecule has 1 aliphatic rings. The number of piperidine rings is 1. The minimum atomic E-state index is -0.671. The zero-order chi connectivity index (χ0) is 17.2. The van der Waals surface area contributed by atoms with Gasteiger partial charge >= 0.3 is 0 Å². The summed E-state index contributed by atoms with van der Waals surface area (Å²) in [5.41, 5.74) is 0.0616. The summed E-state index contributed by atoms with van der Waals surface area (Å²) < 4.78 is 6.97. The number of aromatic nitrogens is 2. The number of halogens is 2. The first-order chi connectivity index (χ1) is 11.6. The Kier molecular flexibility index (Phi) is 6.32. The molecule has 8 heteroatoms. The van der Waals surface area contributed by atoms with Crippen LogP contribution in [0.5, 0.6) is 5.75 Å². The van der Waals surface area contributed by atoms with Crippen LogP contribution in [0.1, 0.15) is 12.8 Å². The highest BCUT2D eigenvalue weighted by Crippen LogP contribution is 2.33. The predicted molar refractivity (Wildman–Crippen MR) is 101 cm³/mol. The molecule has 136 valence electrons. The summed E-state index contributed by atoms with van der Waals surface area (Å²) in [7, 11) is 3.34. The number of hydrogen-bond donors (Lipinski definition) is 1. The van der Waals surface area contributed by atoms with Crippen LogP contribution >= 0.6 is 24.0 Å². The molecule has 2 aromatic rings. The molecule has 0 bridgehead atoms. The number of nitrogens with zero attached hydrogens (tertiary/aromatic N) is 3. The van der Waals surface area contributed by atoms with Crippen molar-refractivity contribution >= 4 is 35.6 Å². The van der Waals surface area contributed by atoms with Crippen LogP contribution in [-0.2, 0) is 10.3 Å². The summed E-state index contributed by atoms with van der Waals surface area (Å²) in [4.78, 5) is 15.0. The Bertz CT molecular complexity index is 715. The largest absolute Gasteiger partial charge is 0.495 e. The zero-order valence-corrected chi connectivity index (χ0v) is 15.8. The van der Waals surface area contributed by atoms with E-state index < -0.39 is 5.54 Å². The van der Waals surface area contributed by atoms with E-state index in [1.54, 1.807) is 42.1 Å². The molecule has 1 aliphatic heterocycles. The number of hydrogen-bond acceptors (Lipinski definition) is 4. The van der Waals surface area contributed by atoms with Gasteiger partial charge in [0, 0.05) is 25.1 Å². The Morgan fingerprint density at radius 3 is 2.68 bits per heavy atom. The van der Waals surface area contributed by atoms with E-state index in [0.29, 0.717) is 23.6 Å². The Morgan fingerprint density at radius 1 is 1.40 bits per heavy atom. The van der Waals surface area contributed by atoms with Crippen LogP contribution in [0.4, 0.5) is 5.69 Å². The van der Waals surface area contributed by atoms with Gasteiger partial charge in [-0.25, -0.2) is 0 Å². The maximum absolute atomic E-state index is 13.3. The first kappa shape index (κ1) is 19.6. The molecule has 2 heterocycles. The monoisotopic (exact) mass is 384 g/mol. The number of likely N-dealkylation sites (N-methyl/N-ethyl adjacent to an activating group) is 1. The highest BCUT2D eigenvalue weighted by Gasteiger charge is 2.44. The summed E-state index contributed by atoms with van der Waals surface area (Å²) in [5.74, 6) is 0.596. The van der Waals surface area contributed by atoms with Gasteiger partial charge < -0.3 is 15.0 Å². The lowest BCUT2D eigenvalue weighted by atomic mass is 9.86. The van der Waals surface area contributed by atoms with Gasteiger partial charge in [0.25, 0.3) is 5.91 Å². The number of nitrogens with one attached hydrogen (secondary N) is 1. The molecule has 3 rings (SSSR count). The van der Waals surface area contributed by atoms with Crippen LogP contribution < -0.4 is 15.0 Å². The van der Waals surface area contributed by atoms with Crippen molar-refractivity contribution in [1.29, 1.82) is 0 Å². The van der Waals surface area contributed by atoms with E-state index in [1.807, 2.05) is 18.3 Å². The van der Waals surface area contributed by atoms with Crippen LogP contribution in [0, 0.1) is 0 Å². The molecule has 0 atom stereocenters. The van der Waals surface area contributed by atoms with E-state index in [0.717, 1.165) is 18.8 Å². The second-order valence-electron chi connectivity index (χ2n) is 5.92. The number of benzene rings is 1. The van der Waals surface area contributed by atoms with Gasteiger partial charge in [0.1, 0.15) is 11.3 Å². The Labute approximate surface area is 158 Å². The minimum Gasteiger partial charge on any atom is -0.495 e. The third kappa shape index (κ3) is 3.61. The first-order valence-corrected chi connectivity index (χ1v) is 8.29. The summed E-state index contributed by atoms with van der Waals surface area (Å²) >= 11 is 6.21. The van der Waals surface area contributed by atoms with E-state index in [1.165, 1.54) is 0 Å². The zero-order valence-electron chi connectivity index (χ0n) is 14.2. The van der Waals surface area contributed by atoms with Crippen molar-refractivity contribution in [2.45, 2.75) is 18.4 Å². The predicted octanol–water partition coefficient (Wildman–Crippen LogP) is 2.71. The summed E-state index contributed by atoms with van der Waals surface area (Å²) in [5, 5.41) is 8.14. The molecule has 6 nitrogen and oxygen atoms in total. The number of carbonyl (C=O) groups excluding carboxylic acids is 1. The van der Waals surface area contributed by atoms with E-state index in [-0.39, 0.29) is 18.3 Å². The summed E-state index contributed by atoms with van der Waals surface area (Å²) in [6.07, 6.45) is 4.96. The van der Waals surface area contributed by atoms with Gasteiger partial charge in [-0.1, -0.05) is 11.6 Å². The van der Waals surface area contributed by atoms with Crippen molar-refractivity contribution < 1.29 is 9.53 Å². The van der Waals surface area contributed by atoms with E-state index in [2.05, 4.69) is 10.4 Å². The number of amides is 1. The standard InChI is InChI=1S/C17H21ClN4O2.ClH/c1-21(13-4-5-15(24-2)14(18)12-13)16(23)17(6-9-19-10-7-17)22-11-3-8-20-22;/h3-5,8,11-12,19H,6-7,9-10H2,1-2H3;1H. The van der Waals surface area contributed by atoms with Crippen LogP contribution in [0.25, 0.3) is 0 Å². The molecule has 1 fully saturated rings. The third-order valence-electron chi connectivity index (χ3n) is 4.60. The minimum absolute atomic E-state index is 0. The van der Waals surface area contributed by atoms with Gasteiger partial charge in [-0.3, -0.25) is 9.48 Å². The van der Waals surface area contributed by atoms with Crippen molar-refractivity contribution in [3.63, 3.8) is 0 Å². The molecular weight excluding hydrogens is 363 g/mol. The molecule has 0 radical (unpaired) electrons. The molecule has 0 spiro atoms. The first-order valence-electron chi connectivity index (χ1n) is 7.91. The van der Waals surface area contributed by atoms with Crippen LogP contribution in [0.3, 0.4) is 0 Å². The molecule has 0 unspecified atom stereocenters. The molecule has 0 aliphatic carbocycles. The van der Waals surface area contributed by atoms with Gasteiger partial charge in [-0.2, -0.15) is 5.10 Å². The maximum atomic E-state index is 13.3. The fourth-order valence-corrected chi connectivity index (χ4v) is 3.45. The van der Waals surface area contributed by atoms with Crippen LogP contribution in [0.2, 0.25) is 5.02 Å². The van der Waals surface area contributed by atoms with Crippen molar-refractivity contribution in [2.24, 2.45) is 0 Å². The summed E-state index contributed by atoms with van der Waals surface area (Å²) in [6, 6.07) is 7.20. The number of anilines is 1. The smallest absolute Gasteiger partial charge is 0.254 e. The average Bonchev–Trinajstić information content (AvgIpc) is 3.16. The molecule has 25 heavy (non-hydrogen) atoms. The second-order valence-corrected chi connectivity index (χ2v) is 6.32. The number of carbonyl (C=O) groups is 1. The lowest BCUT2D eigenvalue weighted by Crippen LogP contribution is -2.55. The fraction of sp³-hybridized carbons (Fsp3) is 0.412. The Balaban J connectivity index is 0.00000225. The fourth-order valence-electron chi connectivity index (χ4n) is 3.20. The van der Waals surface area contributed by atoms with Crippen LogP contribution in [0.15, 0.2) is 36.7 Å². The topological polar surface area (TPSA) is 59.4 Å². The third-order valence-corrected chi connectivity index (χ3v) is 4.89. The van der Waals surface area contributed by atoms with Crippen LogP contribution in [-0.4, -0.2) is 42.9 Å². The van der Waals surface area contributed by atoms with Gasteiger partial charge in [0.05, 0.1) is 12.1 Å². The molecule has 1 amide bonds. The van der Waals surface area contributed by atoms with Crippen molar-refractivity contribution in [3.05, 3.63) is 41.7 Å². The molecular formula is C17H22Cl2N4O2.